The third-order valence-electron chi connectivity index (χ3n) is 5.80. The van der Waals surface area contributed by atoms with Crippen molar-refractivity contribution in [3.05, 3.63) is 0 Å². The third-order valence-corrected chi connectivity index (χ3v) is 7.62. The molecule has 2 aliphatic rings. The smallest absolute Gasteiger partial charge is 0.410 e. The molecule has 27 heavy (non-hydrogen) atoms. The van der Waals surface area contributed by atoms with Gasteiger partial charge in [0.2, 0.25) is 0 Å². The van der Waals surface area contributed by atoms with Gasteiger partial charge in [0.25, 0.3) is 0 Å². The van der Waals surface area contributed by atoms with Crippen molar-refractivity contribution < 1.29 is 18.8 Å². The predicted molar refractivity (Wildman–Crippen MR) is 109 cm³/mol. The summed E-state index contributed by atoms with van der Waals surface area (Å²) in [4.78, 5) is 14.2. The Hall–Kier alpha value is -0.500. The summed E-state index contributed by atoms with van der Waals surface area (Å²) in [5, 5.41) is 0. The van der Waals surface area contributed by atoms with Gasteiger partial charge in [-0.25, -0.2) is 4.79 Å². The number of carbonyl (C=O) groups excluding carboxylic acids is 1. The quantitative estimate of drug-likeness (QED) is 0.675. The third kappa shape index (κ3) is 5.31. The first-order chi connectivity index (χ1) is 12.3. The van der Waals surface area contributed by atoms with Crippen molar-refractivity contribution in [2.45, 2.75) is 89.7 Å². The molecule has 7 heteroatoms. The van der Waals surface area contributed by atoms with Crippen LogP contribution < -0.4 is 0 Å². The van der Waals surface area contributed by atoms with Gasteiger partial charge in [0.1, 0.15) is 10.3 Å². The predicted octanol–water partition coefficient (Wildman–Crippen LogP) is 3.58. The van der Waals surface area contributed by atoms with E-state index in [1.165, 1.54) is 0 Å². The minimum atomic E-state index is -1.07. The maximum absolute atomic E-state index is 13.0. The summed E-state index contributed by atoms with van der Waals surface area (Å²) in [6.07, 6.45) is 3.58. The molecular formula is C20H38N2O4S. The maximum atomic E-state index is 13.0. The second kappa shape index (κ2) is 8.09. The molecule has 0 aromatic carbocycles. The van der Waals surface area contributed by atoms with Crippen LogP contribution in [-0.2, 0) is 20.8 Å². The Morgan fingerprint density at radius 2 is 1.74 bits per heavy atom. The van der Waals surface area contributed by atoms with Crippen LogP contribution in [0.15, 0.2) is 0 Å². The van der Waals surface area contributed by atoms with Crippen LogP contribution in [0.5, 0.6) is 0 Å². The SMILES string of the molecule is CO[C@H]1C[C@@H](N(C)[S@+]([O-])C(C)(C)C)C2(CCN(C(=O)OC(C)(C)C)CC2)C1. The molecule has 1 heterocycles. The van der Waals surface area contributed by atoms with Crippen LogP contribution in [0, 0.1) is 5.41 Å². The van der Waals surface area contributed by atoms with Gasteiger partial charge < -0.3 is 18.9 Å². The average Bonchev–Trinajstić information content (AvgIpc) is 2.90. The number of ether oxygens (including phenoxy) is 2. The van der Waals surface area contributed by atoms with Crippen molar-refractivity contribution in [1.82, 2.24) is 9.21 Å². The monoisotopic (exact) mass is 402 g/mol. The zero-order valence-corrected chi connectivity index (χ0v) is 19.1. The lowest BCUT2D eigenvalue weighted by molar-refractivity contribution is 0.00175. The summed E-state index contributed by atoms with van der Waals surface area (Å²) in [7, 11) is 3.74. The van der Waals surface area contributed by atoms with Crippen molar-refractivity contribution in [2.24, 2.45) is 5.41 Å². The minimum absolute atomic E-state index is 0.0366. The first kappa shape index (κ1) is 22.8. The molecule has 2 fully saturated rings. The van der Waals surface area contributed by atoms with Crippen molar-refractivity contribution >= 4 is 17.5 Å². The molecule has 6 nitrogen and oxygen atoms in total. The molecule has 3 atom stereocenters. The highest BCUT2D eigenvalue weighted by Crippen LogP contribution is 2.50. The zero-order valence-electron chi connectivity index (χ0n) is 18.3. The van der Waals surface area contributed by atoms with Gasteiger partial charge in [0, 0.05) is 38.6 Å². The van der Waals surface area contributed by atoms with Gasteiger partial charge in [-0.1, -0.05) is 0 Å². The van der Waals surface area contributed by atoms with Gasteiger partial charge in [-0.2, -0.15) is 0 Å². The van der Waals surface area contributed by atoms with Crippen LogP contribution in [0.2, 0.25) is 0 Å². The van der Waals surface area contributed by atoms with Gasteiger partial charge in [0.05, 0.1) is 12.1 Å². The van der Waals surface area contributed by atoms with Crippen molar-refractivity contribution in [3.8, 4) is 0 Å². The molecule has 1 aliphatic carbocycles. The molecule has 0 aromatic heterocycles. The van der Waals surface area contributed by atoms with E-state index >= 15 is 0 Å². The van der Waals surface area contributed by atoms with E-state index in [0.29, 0.717) is 13.1 Å². The molecule has 0 radical (unpaired) electrons. The lowest BCUT2D eigenvalue weighted by Gasteiger charge is -2.46. The van der Waals surface area contributed by atoms with E-state index in [1.807, 2.05) is 53.5 Å². The average molecular weight is 403 g/mol. The lowest BCUT2D eigenvalue weighted by atomic mass is 9.74. The Balaban J connectivity index is 2.11. The number of piperidine rings is 1. The molecule has 0 N–H and O–H groups in total. The fourth-order valence-corrected chi connectivity index (χ4v) is 5.84. The van der Waals surface area contributed by atoms with Crippen molar-refractivity contribution in [1.29, 1.82) is 0 Å². The molecule has 1 saturated heterocycles. The second-order valence-electron chi connectivity index (χ2n) is 10.1. The second-order valence-corrected chi connectivity index (χ2v) is 12.3. The molecule has 0 unspecified atom stereocenters. The zero-order chi connectivity index (χ0) is 20.6. The number of amides is 1. The van der Waals surface area contributed by atoms with E-state index in [1.54, 1.807) is 7.11 Å². The highest BCUT2D eigenvalue weighted by Gasteiger charge is 2.54. The Morgan fingerprint density at radius 3 is 2.19 bits per heavy atom. The molecule has 0 bridgehead atoms. The summed E-state index contributed by atoms with van der Waals surface area (Å²) in [6, 6.07) is 0.197. The molecule has 158 valence electrons. The molecule has 1 spiro atoms. The van der Waals surface area contributed by atoms with E-state index in [9.17, 15) is 9.35 Å². The fraction of sp³-hybridized carbons (Fsp3) is 0.950. The molecule has 2 rings (SSSR count). The number of carbonyl (C=O) groups is 1. The van der Waals surface area contributed by atoms with Gasteiger partial charge in [-0.3, -0.25) is 0 Å². The van der Waals surface area contributed by atoms with E-state index < -0.39 is 17.0 Å². The fourth-order valence-electron chi connectivity index (χ4n) is 4.43. The first-order valence-corrected chi connectivity index (χ1v) is 11.1. The lowest BCUT2D eigenvalue weighted by Crippen LogP contribution is -2.54. The summed E-state index contributed by atoms with van der Waals surface area (Å²) in [5.41, 5.74) is -0.443. The van der Waals surface area contributed by atoms with Gasteiger partial charge in [0.15, 0.2) is 0 Å². The van der Waals surface area contributed by atoms with Gasteiger partial charge in [-0.15, -0.1) is 4.31 Å². The van der Waals surface area contributed by atoms with Crippen LogP contribution in [-0.4, -0.2) is 69.6 Å². The van der Waals surface area contributed by atoms with Crippen LogP contribution in [0.1, 0.15) is 67.2 Å². The first-order valence-electron chi connectivity index (χ1n) is 9.95. The number of rotatable bonds is 3. The topological polar surface area (TPSA) is 65.1 Å². The van der Waals surface area contributed by atoms with Crippen LogP contribution in [0.4, 0.5) is 4.79 Å². The van der Waals surface area contributed by atoms with E-state index in [0.717, 1.165) is 25.7 Å². The Kier molecular flexibility index (Phi) is 6.83. The van der Waals surface area contributed by atoms with Gasteiger partial charge >= 0.3 is 6.09 Å². The van der Waals surface area contributed by atoms with Crippen molar-refractivity contribution in [2.75, 3.05) is 27.2 Å². The van der Waals surface area contributed by atoms with Crippen LogP contribution in [0.25, 0.3) is 0 Å². The molecular weight excluding hydrogens is 364 g/mol. The maximum Gasteiger partial charge on any atom is 0.410 e. The highest BCUT2D eigenvalue weighted by atomic mass is 32.2. The highest BCUT2D eigenvalue weighted by molar-refractivity contribution is 7.90. The molecule has 1 amide bonds. The van der Waals surface area contributed by atoms with E-state index in [2.05, 4.69) is 4.31 Å². The molecule has 1 aliphatic heterocycles. The summed E-state index contributed by atoms with van der Waals surface area (Å²) in [5.74, 6) is 0. The molecule has 0 aromatic rings. The van der Waals surface area contributed by atoms with E-state index in [4.69, 9.17) is 9.47 Å². The summed E-state index contributed by atoms with van der Waals surface area (Å²) < 4.78 is 26.0. The summed E-state index contributed by atoms with van der Waals surface area (Å²) in [6.45, 7) is 13.1. The largest absolute Gasteiger partial charge is 0.597 e. The Labute approximate surface area is 168 Å². The number of methoxy groups -OCH3 is 1. The number of likely N-dealkylation sites (tertiary alicyclic amines) is 1. The number of hydrogen-bond acceptors (Lipinski definition) is 5. The van der Waals surface area contributed by atoms with Gasteiger partial charge in [-0.05, 0) is 72.6 Å². The molecule has 1 saturated carbocycles. The minimum Gasteiger partial charge on any atom is -0.597 e. The Bertz CT molecular complexity index is 521. The standard InChI is InChI=1S/C20H38N2O4S/c1-18(2,3)26-17(23)22-11-9-20(10-12-22)14-15(25-8)13-16(20)21(7)27(24)19(4,5)6/h15-16H,9-14H2,1-8H3/t15-,16+,27+/m0/s1. The Morgan fingerprint density at radius 1 is 1.19 bits per heavy atom. The van der Waals surface area contributed by atoms with Crippen molar-refractivity contribution in [3.63, 3.8) is 0 Å². The van der Waals surface area contributed by atoms with Crippen LogP contribution in [0.3, 0.4) is 0 Å². The van der Waals surface area contributed by atoms with E-state index in [-0.39, 0.29) is 28.4 Å². The normalized spacial score (nSPS) is 27.3. The number of hydrogen-bond donors (Lipinski definition) is 0. The summed E-state index contributed by atoms with van der Waals surface area (Å²) >= 11 is -1.07. The number of nitrogens with zero attached hydrogens (tertiary/aromatic N) is 2. The van der Waals surface area contributed by atoms with Crippen LogP contribution >= 0.6 is 0 Å².